The fourth-order valence-corrected chi connectivity index (χ4v) is 3.86. The van der Waals surface area contributed by atoms with Crippen molar-refractivity contribution in [1.29, 1.82) is 0 Å². The maximum Gasteiger partial charge on any atom is 0.291 e. The number of H-pyrrole nitrogens is 1. The molecule has 0 radical (unpaired) electrons. The number of nitrogens with one attached hydrogen (secondary N) is 2. The van der Waals surface area contributed by atoms with Gasteiger partial charge >= 0.3 is 0 Å². The zero-order valence-corrected chi connectivity index (χ0v) is 16.9. The van der Waals surface area contributed by atoms with Crippen LogP contribution in [0.1, 0.15) is 22.0 Å². The minimum Gasteiger partial charge on any atom is -0.489 e. The molecule has 1 fully saturated rings. The summed E-state index contributed by atoms with van der Waals surface area (Å²) in [5.74, 6) is 0.289. The molecule has 0 bridgehead atoms. The maximum absolute atomic E-state index is 12.8. The van der Waals surface area contributed by atoms with Gasteiger partial charge in [0.15, 0.2) is 0 Å². The molecule has 2 N–H and O–H groups in total. The van der Waals surface area contributed by atoms with E-state index in [0.717, 1.165) is 5.56 Å². The zero-order chi connectivity index (χ0) is 21.4. The highest BCUT2D eigenvalue weighted by Gasteiger charge is 2.45. The Morgan fingerprint density at radius 3 is 2.65 bits per heavy atom. The van der Waals surface area contributed by atoms with Gasteiger partial charge < -0.3 is 19.7 Å². The SMILES string of the molecule is CN1C(=O)C(NC(=O)c2n[nH]c(C3(c4ccccc4)COC3)n2)COc2ccccc21. The number of amides is 2. The van der Waals surface area contributed by atoms with Gasteiger partial charge in [0, 0.05) is 7.05 Å². The van der Waals surface area contributed by atoms with Crippen molar-refractivity contribution in [3.8, 4) is 5.75 Å². The first-order chi connectivity index (χ1) is 15.1. The van der Waals surface area contributed by atoms with Crippen molar-refractivity contribution < 1.29 is 19.1 Å². The van der Waals surface area contributed by atoms with Crippen LogP contribution in [0.5, 0.6) is 5.75 Å². The van der Waals surface area contributed by atoms with E-state index in [1.165, 1.54) is 4.90 Å². The molecule has 158 valence electrons. The number of fused-ring (bicyclic) bond motifs is 1. The molecule has 3 aromatic rings. The number of likely N-dealkylation sites (N-methyl/N-ethyl adjacent to an activating group) is 1. The van der Waals surface area contributed by atoms with Gasteiger partial charge in [-0.1, -0.05) is 42.5 Å². The number of carbonyl (C=O) groups is 2. The molecular formula is C22H21N5O4. The van der Waals surface area contributed by atoms with E-state index >= 15 is 0 Å². The first-order valence-electron chi connectivity index (χ1n) is 9.95. The van der Waals surface area contributed by atoms with Crippen LogP contribution in [-0.4, -0.2) is 59.9 Å². The summed E-state index contributed by atoms with van der Waals surface area (Å²) >= 11 is 0. The molecule has 2 amide bonds. The maximum atomic E-state index is 12.8. The summed E-state index contributed by atoms with van der Waals surface area (Å²) in [5.41, 5.74) is 1.23. The van der Waals surface area contributed by atoms with E-state index in [2.05, 4.69) is 20.5 Å². The van der Waals surface area contributed by atoms with Gasteiger partial charge in [-0.3, -0.25) is 14.7 Å². The molecule has 1 saturated heterocycles. The Morgan fingerprint density at radius 1 is 1.16 bits per heavy atom. The number of aromatic amines is 1. The predicted molar refractivity (Wildman–Crippen MR) is 111 cm³/mol. The van der Waals surface area contributed by atoms with Crippen LogP contribution < -0.4 is 15.0 Å². The van der Waals surface area contributed by atoms with E-state index in [1.807, 2.05) is 42.5 Å². The summed E-state index contributed by atoms with van der Waals surface area (Å²) in [6, 6.07) is 16.2. The van der Waals surface area contributed by atoms with Crippen molar-refractivity contribution in [3.05, 3.63) is 71.8 Å². The number of carbonyl (C=O) groups excluding carboxylic acids is 2. The highest BCUT2D eigenvalue weighted by molar-refractivity contribution is 6.02. The quantitative estimate of drug-likeness (QED) is 0.659. The number of hydrogen-bond donors (Lipinski definition) is 2. The first-order valence-corrected chi connectivity index (χ1v) is 9.95. The molecule has 31 heavy (non-hydrogen) atoms. The monoisotopic (exact) mass is 419 g/mol. The van der Waals surface area contributed by atoms with Crippen LogP contribution in [0.3, 0.4) is 0 Å². The Labute approximate surface area is 178 Å². The molecule has 0 spiro atoms. The number of ether oxygens (including phenoxy) is 2. The van der Waals surface area contributed by atoms with Gasteiger partial charge in [0.2, 0.25) is 5.82 Å². The second-order valence-electron chi connectivity index (χ2n) is 7.65. The number of rotatable bonds is 4. The van der Waals surface area contributed by atoms with Crippen LogP contribution >= 0.6 is 0 Å². The molecule has 3 heterocycles. The lowest BCUT2D eigenvalue weighted by Crippen LogP contribution is -2.50. The molecule has 2 aliphatic heterocycles. The number of nitrogens with zero attached hydrogens (tertiary/aromatic N) is 3. The lowest BCUT2D eigenvalue weighted by Gasteiger charge is -2.39. The van der Waals surface area contributed by atoms with Crippen molar-refractivity contribution in [1.82, 2.24) is 20.5 Å². The average Bonchev–Trinajstić information content (AvgIpc) is 3.22. The van der Waals surface area contributed by atoms with Crippen LogP contribution in [0, 0.1) is 0 Å². The van der Waals surface area contributed by atoms with E-state index in [1.54, 1.807) is 19.2 Å². The lowest BCUT2D eigenvalue weighted by molar-refractivity contribution is -0.120. The summed E-state index contributed by atoms with van der Waals surface area (Å²) < 4.78 is 11.2. The number of benzene rings is 2. The van der Waals surface area contributed by atoms with Gasteiger partial charge in [0.05, 0.1) is 18.9 Å². The number of anilines is 1. The van der Waals surface area contributed by atoms with Crippen molar-refractivity contribution in [2.45, 2.75) is 11.5 Å². The fraction of sp³-hybridized carbons (Fsp3) is 0.273. The van der Waals surface area contributed by atoms with Gasteiger partial charge in [-0.05, 0) is 17.7 Å². The summed E-state index contributed by atoms with van der Waals surface area (Å²) in [5, 5.41) is 9.68. The molecule has 1 unspecified atom stereocenters. The third-order valence-corrected chi connectivity index (χ3v) is 5.73. The summed E-state index contributed by atoms with van der Waals surface area (Å²) in [6.45, 7) is 0.918. The molecule has 9 heteroatoms. The topological polar surface area (TPSA) is 109 Å². The third-order valence-electron chi connectivity index (χ3n) is 5.73. The predicted octanol–water partition coefficient (Wildman–Crippen LogP) is 1.27. The van der Waals surface area contributed by atoms with Gasteiger partial charge in [0.1, 0.15) is 29.6 Å². The first kappa shape index (κ1) is 19.3. The Bertz CT molecular complexity index is 1130. The molecule has 1 atom stereocenters. The second-order valence-corrected chi connectivity index (χ2v) is 7.65. The zero-order valence-electron chi connectivity index (χ0n) is 16.9. The molecule has 0 aliphatic carbocycles. The molecule has 2 aromatic carbocycles. The van der Waals surface area contributed by atoms with Gasteiger partial charge in [0.25, 0.3) is 11.8 Å². The van der Waals surface area contributed by atoms with Crippen LogP contribution in [0.15, 0.2) is 54.6 Å². The van der Waals surface area contributed by atoms with Gasteiger partial charge in [-0.2, -0.15) is 0 Å². The highest BCUT2D eigenvalue weighted by Crippen LogP contribution is 2.37. The molecule has 9 nitrogen and oxygen atoms in total. The van der Waals surface area contributed by atoms with E-state index in [0.29, 0.717) is 30.5 Å². The van der Waals surface area contributed by atoms with Crippen LogP contribution in [0.25, 0.3) is 0 Å². The number of hydrogen-bond acceptors (Lipinski definition) is 6. The van der Waals surface area contributed by atoms with Crippen LogP contribution in [0.4, 0.5) is 5.69 Å². The van der Waals surface area contributed by atoms with Crippen molar-refractivity contribution in [2.24, 2.45) is 0 Å². The molecule has 5 rings (SSSR count). The van der Waals surface area contributed by atoms with Gasteiger partial charge in [-0.15, -0.1) is 5.10 Å². The molecule has 0 saturated carbocycles. The molecule has 2 aliphatic rings. The van der Waals surface area contributed by atoms with E-state index in [-0.39, 0.29) is 18.3 Å². The number of para-hydroxylation sites is 2. The smallest absolute Gasteiger partial charge is 0.291 e. The van der Waals surface area contributed by atoms with E-state index < -0.39 is 17.4 Å². The minimum absolute atomic E-state index is 0.0188. The average molecular weight is 419 g/mol. The highest BCUT2D eigenvalue weighted by atomic mass is 16.5. The summed E-state index contributed by atoms with van der Waals surface area (Å²) in [6.07, 6.45) is 0. The van der Waals surface area contributed by atoms with Gasteiger partial charge in [-0.25, -0.2) is 4.98 Å². The Hall–Kier alpha value is -3.72. The fourth-order valence-electron chi connectivity index (χ4n) is 3.86. The van der Waals surface area contributed by atoms with E-state index in [9.17, 15) is 9.59 Å². The largest absolute Gasteiger partial charge is 0.489 e. The Morgan fingerprint density at radius 2 is 1.90 bits per heavy atom. The third kappa shape index (κ3) is 3.23. The summed E-state index contributed by atoms with van der Waals surface area (Å²) in [7, 11) is 1.65. The van der Waals surface area contributed by atoms with E-state index in [4.69, 9.17) is 9.47 Å². The number of aromatic nitrogens is 3. The van der Waals surface area contributed by atoms with Crippen molar-refractivity contribution in [3.63, 3.8) is 0 Å². The molecule has 1 aromatic heterocycles. The minimum atomic E-state index is -0.859. The normalized spacial score (nSPS) is 19.6. The van der Waals surface area contributed by atoms with Crippen molar-refractivity contribution in [2.75, 3.05) is 31.8 Å². The second kappa shape index (κ2) is 7.51. The lowest BCUT2D eigenvalue weighted by atomic mass is 9.78. The summed E-state index contributed by atoms with van der Waals surface area (Å²) in [4.78, 5) is 31.6. The standard InChI is InChI=1S/C22H21N5O4/c1-27-16-9-5-6-10-17(16)31-11-15(20(27)29)23-19(28)18-24-21(26-25-18)22(12-30-13-22)14-7-3-2-4-8-14/h2-10,15H,11-13H2,1H3,(H,23,28)(H,24,25,26). The Balaban J connectivity index is 1.34. The van der Waals surface area contributed by atoms with Crippen molar-refractivity contribution >= 4 is 17.5 Å². The molecular weight excluding hydrogens is 398 g/mol. The van der Waals surface area contributed by atoms with Crippen LogP contribution in [0.2, 0.25) is 0 Å². The Kier molecular flexibility index (Phi) is 4.67. The van der Waals surface area contributed by atoms with Crippen LogP contribution in [-0.2, 0) is 14.9 Å².